The van der Waals surface area contributed by atoms with Crippen LogP contribution in [0.25, 0.3) is 0 Å². The number of anilines is 2. The molecule has 0 fully saturated rings. The topological polar surface area (TPSA) is 81.7 Å². The summed E-state index contributed by atoms with van der Waals surface area (Å²) in [6, 6.07) is 0. The summed E-state index contributed by atoms with van der Waals surface area (Å²) in [5.74, 6) is 1.02. The third-order valence-electron chi connectivity index (χ3n) is 2.82. The first-order valence-electron chi connectivity index (χ1n) is 5.39. The Morgan fingerprint density at radius 2 is 2.00 bits per heavy atom. The second-order valence-electron chi connectivity index (χ2n) is 3.92. The van der Waals surface area contributed by atoms with Gasteiger partial charge in [-0.05, 0) is 13.8 Å². The summed E-state index contributed by atoms with van der Waals surface area (Å²) in [5, 5.41) is 7.53. The van der Waals surface area contributed by atoms with E-state index in [4.69, 9.17) is 5.73 Å². The van der Waals surface area contributed by atoms with Gasteiger partial charge in [0.25, 0.3) is 0 Å². The first kappa shape index (κ1) is 11.4. The molecule has 0 spiro atoms. The van der Waals surface area contributed by atoms with Gasteiger partial charge in [0.05, 0.1) is 5.69 Å². The summed E-state index contributed by atoms with van der Waals surface area (Å²) in [6.45, 7) is 4.68. The molecule has 0 saturated carbocycles. The van der Waals surface area contributed by atoms with Crippen LogP contribution in [0.1, 0.15) is 17.0 Å². The molecule has 90 valence electrons. The summed E-state index contributed by atoms with van der Waals surface area (Å²) >= 11 is 0. The lowest BCUT2D eigenvalue weighted by Gasteiger charge is -2.07. The van der Waals surface area contributed by atoms with Gasteiger partial charge in [0.1, 0.15) is 0 Å². The van der Waals surface area contributed by atoms with Gasteiger partial charge in [0.15, 0.2) is 11.6 Å². The Labute approximate surface area is 99.9 Å². The third-order valence-corrected chi connectivity index (χ3v) is 2.82. The highest BCUT2D eigenvalue weighted by Crippen LogP contribution is 2.15. The number of aromatic nitrogens is 4. The summed E-state index contributed by atoms with van der Waals surface area (Å²) in [6.07, 6.45) is 3.18. The van der Waals surface area contributed by atoms with E-state index in [0.29, 0.717) is 18.2 Å². The fourth-order valence-electron chi connectivity index (χ4n) is 1.73. The molecular formula is C11H16N6. The zero-order valence-electron chi connectivity index (χ0n) is 10.2. The van der Waals surface area contributed by atoms with Crippen molar-refractivity contribution in [1.82, 2.24) is 19.7 Å². The third kappa shape index (κ3) is 2.20. The van der Waals surface area contributed by atoms with Crippen LogP contribution in [0.15, 0.2) is 12.4 Å². The number of rotatable bonds is 3. The molecule has 0 bridgehead atoms. The molecule has 2 heterocycles. The summed E-state index contributed by atoms with van der Waals surface area (Å²) in [7, 11) is 1.93. The van der Waals surface area contributed by atoms with Crippen molar-refractivity contribution in [2.24, 2.45) is 7.05 Å². The number of hydrogen-bond acceptors (Lipinski definition) is 5. The predicted octanol–water partition coefficient (Wildman–Crippen LogP) is 1.02. The van der Waals surface area contributed by atoms with E-state index in [0.717, 1.165) is 17.0 Å². The van der Waals surface area contributed by atoms with E-state index in [1.54, 1.807) is 12.4 Å². The molecule has 0 atom stereocenters. The van der Waals surface area contributed by atoms with Gasteiger partial charge in [0, 0.05) is 37.2 Å². The molecule has 2 aromatic heterocycles. The van der Waals surface area contributed by atoms with Crippen molar-refractivity contribution in [1.29, 1.82) is 0 Å². The predicted molar refractivity (Wildman–Crippen MR) is 66.5 cm³/mol. The molecule has 3 N–H and O–H groups in total. The van der Waals surface area contributed by atoms with E-state index in [2.05, 4.69) is 20.4 Å². The van der Waals surface area contributed by atoms with Crippen molar-refractivity contribution in [2.75, 3.05) is 11.1 Å². The van der Waals surface area contributed by atoms with Crippen LogP contribution < -0.4 is 11.1 Å². The minimum atomic E-state index is 0.409. The Balaban J connectivity index is 2.15. The van der Waals surface area contributed by atoms with Crippen LogP contribution in [0.3, 0.4) is 0 Å². The maximum atomic E-state index is 5.71. The highest BCUT2D eigenvalue weighted by molar-refractivity contribution is 5.55. The van der Waals surface area contributed by atoms with Crippen LogP contribution in [-0.2, 0) is 13.6 Å². The van der Waals surface area contributed by atoms with Crippen LogP contribution in [-0.4, -0.2) is 19.7 Å². The van der Waals surface area contributed by atoms with Gasteiger partial charge >= 0.3 is 0 Å². The molecule has 0 saturated heterocycles. The lowest BCUT2D eigenvalue weighted by molar-refractivity contribution is 0.730. The molecule has 0 aliphatic rings. The average molecular weight is 232 g/mol. The fourth-order valence-corrected chi connectivity index (χ4v) is 1.73. The molecule has 2 rings (SSSR count). The summed E-state index contributed by atoms with van der Waals surface area (Å²) in [4.78, 5) is 8.11. The normalized spacial score (nSPS) is 10.5. The van der Waals surface area contributed by atoms with E-state index in [1.807, 2.05) is 25.6 Å². The zero-order chi connectivity index (χ0) is 12.4. The summed E-state index contributed by atoms with van der Waals surface area (Å²) < 4.78 is 1.87. The molecule has 0 aromatic carbocycles. The molecule has 0 aliphatic heterocycles. The van der Waals surface area contributed by atoms with Gasteiger partial charge in [-0.1, -0.05) is 0 Å². The van der Waals surface area contributed by atoms with Crippen LogP contribution in [0.2, 0.25) is 0 Å². The first-order chi connectivity index (χ1) is 8.09. The molecule has 0 amide bonds. The number of nitrogens with zero attached hydrogens (tertiary/aromatic N) is 4. The Morgan fingerprint density at radius 1 is 1.29 bits per heavy atom. The molecule has 0 aliphatic carbocycles. The van der Waals surface area contributed by atoms with Crippen LogP contribution in [0.5, 0.6) is 0 Å². The molecule has 6 heteroatoms. The number of nitrogens with one attached hydrogen (secondary N) is 1. The van der Waals surface area contributed by atoms with E-state index in [-0.39, 0.29) is 0 Å². The van der Waals surface area contributed by atoms with E-state index >= 15 is 0 Å². The smallest absolute Gasteiger partial charge is 0.169 e. The SMILES string of the molecule is Cc1nn(C)c(C)c1CNc1nccnc1N. The van der Waals surface area contributed by atoms with Crippen molar-refractivity contribution in [3.63, 3.8) is 0 Å². The van der Waals surface area contributed by atoms with Crippen molar-refractivity contribution in [3.05, 3.63) is 29.3 Å². The van der Waals surface area contributed by atoms with Gasteiger partial charge in [-0.3, -0.25) is 4.68 Å². The molecule has 6 nitrogen and oxygen atoms in total. The fraction of sp³-hybridized carbons (Fsp3) is 0.364. The van der Waals surface area contributed by atoms with Crippen LogP contribution in [0, 0.1) is 13.8 Å². The van der Waals surface area contributed by atoms with E-state index in [1.165, 1.54) is 0 Å². The van der Waals surface area contributed by atoms with Crippen LogP contribution in [0.4, 0.5) is 11.6 Å². The van der Waals surface area contributed by atoms with Gasteiger partial charge in [0.2, 0.25) is 0 Å². The molecule has 2 aromatic rings. The average Bonchev–Trinajstić information content (AvgIpc) is 2.53. The van der Waals surface area contributed by atoms with Crippen molar-refractivity contribution in [2.45, 2.75) is 20.4 Å². The number of nitrogen functional groups attached to an aromatic ring is 1. The second-order valence-corrected chi connectivity index (χ2v) is 3.92. The molecule has 0 radical (unpaired) electrons. The number of nitrogens with two attached hydrogens (primary N) is 1. The minimum absolute atomic E-state index is 0.409. The Hall–Kier alpha value is -2.11. The highest BCUT2D eigenvalue weighted by atomic mass is 15.3. The van der Waals surface area contributed by atoms with E-state index < -0.39 is 0 Å². The van der Waals surface area contributed by atoms with E-state index in [9.17, 15) is 0 Å². The molecule has 17 heavy (non-hydrogen) atoms. The minimum Gasteiger partial charge on any atom is -0.381 e. The standard InChI is InChI=1S/C11H16N6/c1-7-9(8(2)17(3)16-7)6-15-11-10(12)13-4-5-14-11/h4-5H,6H2,1-3H3,(H2,12,13)(H,14,15). The lowest BCUT2D eigenvalue weighted by atomic mass is 10.2. The molecule has 0 unspecified atom stereocenters. The lowest BCUT2D eigenvalue weighted by Crippen LogP contribution is -2.07. The monoisotopic (exact) mass is 232 g/mol. The Bertz CT molecular complexity index is 531. The summed E-state index contributed by atoms with van der Waals surface area (Å²) in [5.41, 5.74) is 9.02. The van der Waals surface area contributed by atoms with Gasteiger partial charge < -0.3 is 11.1 Å². The van der Waals surface area contributed by atoms with Gasteiger partial charge in [-0.15, -0.1) is 0 Å². The second kappa shape index (κ2) is 4.40. The van der Waals surface area contributed by atoms with Gasteiger partial charge in [-0.2, -0.15) is 5.10 Å². The first-order valence-corrected chi connectivity index (χ1v) is 5.39. The zero-order valence-corrected chi connectivity index (χ0v) is 10.2. The number of aryl methyl sites for hydroxylation is 2. The number of hydrogen-bond donors (Lipinski definition) is 2. The molecular weight excluding hydrogens is 216 g/mol. The Kier molecular flexibility index (Phi) is 2.95. The van der Waals surface area contributed by atoms with Crippen molar-refractivity contribution >= 4 is 11.6 Å². The maximum Gasteiger partial charge on any atom is 0.169 e. The van der Waals surface area contributed by atoms with Crippen molar-refractivity contribution in [3.8, 4) is 0 Å². The van der Waals surface area contributed by atoms with Crippen LogP contribution >= 0.6 is 0 Å². The Morgan fingerprint density at radius 3 is 2.59 bits per heavy atom. The van der Waals surface area contributed by atoms with Crippen molar-refractivity contribution < 1.29 is 0 Å². The van der Waals surface area contributed by atoms with Gasteiger partial charge in [-0.25, -0.2) is 9.97 Å². The largest absolute Gasteiger partial charge is 0.381 e. The highest BCUT2D eigenvalue weighted by Gasteiger charge is 2.09. The maximum absolute atomic E-state index is 5.71. The quantitative estimate of drug-likeness (QED) is 0.825.